The lowest BCUT2D eigenvalue weighted by Crippen LogP contribution is -2.49. The van der Waals surface area contributed by atoms with E-state index in [9.17, 15) is 10.2 Å². The highest BCUT2D eigenvalue weighted by Crippen LogP contribution is 2.60. The number of aryl methyl sites for hydroxylation is 1. The number of aromatic nitrogens is 3. The van der Waals surface area contributed by atoms with Gasteiger partial charge in [0.1, 0.15) is 0 Å². The molecule has 0 amide bonds. The van der Waals surface area contributed by atoms with Crippen LogP contribution in [0.2, 0.25) is 0 Å². The number of fused-ring (bicyclic) bond motifs is 5. The van der Waals surface area contributed by atoms with Gasteiger partial charge in [-0.1, -0.05) is 30.7 Å². The van der Waals surface area contributed by atoms with Gasteiger partial charge in [-0.3, -0.25) is 4.68 Å². The van der Waals surface area contributed by atoms with Crippen LogP contribution in [0.5, 0.6) is 0 Å². The molecule has 3 saturated carbocycles. The third-order valence-electron chi connectivity index (χ3n) is 9.14. The standard InChI is InChI=1S/C24H37N3O2/c1-3-17-14-27(26-25-17)13-15(2)24(29)11-10-22-21-6-4-16-12-18(28)5-7-19(16)20(21)8-9-23(22)24/h4,14-15,18-23,28-29H,3,5-13H2,1-2H3. The predicted octanol–water partition coefficient (Wildman–Crippen LogP) is 3.75. The second-order valence-electron chi connectivity index (χ2n) is 10.4. The first-order chi connectivity index (χ1) is 14.0. The van der Waals surface area contributed by atoms with E-state index in [1.807, 2.05) is 10.9 Å². The third kappa shape index (κ3) is 3.29. The molecule has 0 radical (unpaired) electrons. The van der Waals surface area contributed by atoms with Crippen molar-refractivity contribution in [2.24, 2.45) is 35.5 Å². The fourth-order valence-corrected chi connectivity index (χ4v) is 7.62. The molecule has 2 N–H and O–H groups in total. The van der Waals surface area contributed by atoms with Crippen molar-refractivity contribution >= 4 is 0 Å². The number of allylic oxidation sites excluding steroid dienone is 1. The van der Waals surface area contributed by atoms with Crippen LogP contribution in [0.25, 0.3) is 0 Å². The summed E-state index contributed by atoms with van der Waals surface area (Å²) >= 11 is 0. The molecule has 1 aromatic heterocycles. The first-order valence-electron chi connectivity index (χ1n) is 12.0. The highest BCUT2D eigenvalue weighted by atomic mass is 16.3. The zero-order valence-corrected chi connectivity index (χ0v) is 18.0. The fourth-order valence-electron chi connectivity index (χ4n) is 7.62. The van der Waals surface area contributed by atoms with E-state index in [1.54, 1.807) is 5.57 Å². The number of hydrogen-bond donors (Lipinski definition) is 2. The van der Waals surface area contributed by atoms with Crippen LogP contribution in [0.15, 0.2) is 17.8 Å². The maximum Gasteiger partial charge on any atom is 0.0824 e. The molecule has 0 bridgehead atoms. The summed E-state index contributed by atoms with van der Waals surface area (Å²) in [5.41, 5.74) is 2.00. The Kier molecular flexibility index (Phi) is 5.10. The third-order valence-corrected chi connectivity index (χ3v) is 9.14. The van der Waals surface area contributed by atoms with E-state index in [2.05, 4.69) is 30.2 Å². The molecule has 3 fully saturated rings. The Balaban J connectivity index is 1.32. The average Bonchev–Trinajstić information content (AvgIpc) is 3.32. The summed E-state index contributed by atoms with van der Waals surface area (Å²) in [6.07, 6.45) is 14.0. The van der Waals surface area contributed by atoms with Crippen molar-refractivity contribution < 1.29 is 10.2 Å². The van der Waals surface area contributed by atoms with Crippen LogP contribution in [0.1, 0.15) is 70.9 Å². The molecular formula is C24H37N3O2. The molecule has 0 aromatic carbocycles. The van der Waals surface area contributed by atoms with Gasteiger partial charge in [-0.25, -0.2) is 0 Å². The first-order valence-corrected chi connectivity index (χ1v) is 12.0. The van der Waals surface area contributed by atoms with Gasteiger partial charge in [0.05, 0.1) is 17.4 Å². The SMILES string of the molecule is CCc1cn(CC(C)C2(O)CCC3C4CC=C5CC(O)CCC5C4CCC32)nn1. The molecule has 29 heavy (non-hydrogen) atoms. The minimum atomic E-state index is -0.569. The largest absolute Gasteiger partial charge is 0.393 e. The van der Waals surface area contributed by atoms with Crippen molar-refractivity contribution in [1.82, 2.24) is 15.0 Å². The molecule has 5 nitrogen and oxygen atoms in total. The van der Waals surface area contributed by atoms with Crippen LogP contribution in [-0.4, -0.2) is 36.9 Å². The van der Waals surface area contributed by atoms with Crippen LogP contribution in [0.4, 0.5) is 0 Å². The molecule has 5 rings (SSSR count). The van der Waals surface area contributed by atoms with Gasteiger partial charge in [0.15, 0.2) is 0 Å². The summed E-state index contributed by atoms with van der Waals surface area (Å²) in [7, 11) is 0. The van der Waals surface area contributed by atoms with Gasteiger partial charge in [0, 0.05) is 18.7 Å². The molecule has 160 valence electrons. The minimum Gasteiger partial charge on any atom is -0.393 e. The van der Waals surface area contributed by atoms with Crippen LogP contribution >= 0.6 is 0 Å². The lowest BCUT2D eigenvalue weighted by atomic mass is 9.55. The van der Waals surface area contributed by atoms with Crippen molar-refractivity contribution in [3.63, 3.8) is 0 Å². The van der Waals surface area contributed by atoms with E-state index in [0.717, 1.165) is 69.0 Å². The number of hydrogen-bond acceptors (Lipinski definition) is 4. The normalized spacial score (nSPS) is 42.6. The molecule has 1 heterocycles. The molecular weight excluding hydrogens is 362 g/mol. The summed E-state index contributed by atoms with van der Waals surface area (Å²) < 4.78 is 1.93. The van der Waals surface area contributed by atoms with Crippen LogP contribution in [0.3, 0.4) is 0 Å². The monoisotopic (exact) mass is 399 g/mol. The van der Waals surface area contributed by atoms with Gasteiger partial charge in [0.2, 0.25) is 0 Å². The Morgan fingerprint density at radius 1 is 1.17 bits per heavy atom. The summed E-state index contributed by atoms with van der Waals surface area (Å²) in [6, 6.07) is 0. The molecule has 4 aliphatic carbocycles. The minimum absolute atomic E-state index is 0.118. The molecule has 0 saturated heterocycles. The van der Waals surface area contributed by atoms with E-state index >= 15 is 0 Å². The number of aliphatic hydroxyl groups is 2. The van der Waals surface area contributed by atoms with Crippen molar-refractivity contribution in [3.05, 3.63) is 23.5 Å². The molecule has 0 spiro atoms. The Hall–Kier alpha value is -1.20. The average molecular weight is 400 g/mol. The topological polar surface area (TPSA) is 71.2 Å². The molecule has 8 atom stereocenters. The van der Waals surface area contributed by atoms with Crippen LogP contribution in [0, 0.1) is 35.5 Å². The first kappa shape index (κ1) is 19.7. The van der Waals surface area contributed by atoms with Crippen molar-refractivity contribution in [2.75, 3.05) is 0 Å². The predicted molar refractivity (Wildman–Crippen MR) is 112 cm³/mol. The molecule has 1 aromatic rings. The molecule has 8 unspecified atom stereocenters. The van der Waals surface area contributed by atoms with E-state index in [4.69, 9.17) is 0 Å². The Morgan fingerprint density at radius 3 is 2.83 bits per heavy atom. The summed E-state index contributed by atoms with van der Waals surface area (Å²) in [4.78, 5) is 0. The summed E-state index contributed by atoms with van der Waals surface area (Å²) in [5, 5.41) is 30.4. The lowest BCUT2D eigenvalue weighted by molar-refractivity contribution is -0.0878. The number of rotatable bonds is 4. The zero-order valence-electron chi connectivity index (χ0n) is 18.0. The molecule has 0 aliphatic heterocycles. The fraction of sp³-hybridized carbons (Fsp3) is 0.833. The molecule has 5 heteroatoms. The zero-order chi connectivity index (χ0) is 20.2. The van der Waals surface area contributed by atoms with Gasteiger partial charge < -0.3 is 10.2 Å². The van der Waals surface area contributed by atoms with Crippen molar-refractivity contribution in [2.45, 2.75) is 89.9 Å². The van der Waals surface area contributed by atoms with Gasteiger partial charge in [-0.15, -0.1) is 5.10 Å². The molecule has 4 aliphatic rings. The number of nitrogens with zero attached hydrogens (tertiary/aromatic N) is 3. The van der Waals surface area contributed by atoms with Gasteiger partial charge in [0.25, 0.3) is 0 Å². The highest BCUT2D eigenvalue weighted by Gasteiger charge is 2.56. The highest BCUT2D eigenvalue weighted by molar-refractivity contribution is 5.20. The van der Waals surface area contributed by atoms with Crippen LogP contribution < -0.4 is 0 Å². The Morgan fingerprint density at radius 2 is 2.03 bits per heavy atom. The van der Waals surface area contributed by atoms with Crippen LogP contribution in [-0.2, 0) is 13.0 Å². The lowest BCUT2D eigenvalue weighted by Gasteiger charge is -2.51. The van der Waals surface area contributed by atoms with Gasteiger partial charge in [-0.2, -0.15) is 0 Å². The van der Waals surface area contributed by atoms with Crippen molar-refractivity contribution in [1.29, 1.82) is 0 Å². The van der Waals surface area contributed by atoms with Gasteiger partial charge >= 0.3 is 0 Å². The number of aliphatic hydroxyl groups excluding tert-OH is 1. The maximum atomic E-state index is 11.8. The van der Waals surface area contributed by atoms with E-state index < -0.39 is 5.60 Å². The quantitative estimate of drug-likeness (QED) is 0.757. The van der Waals surface area contributed by atoms with Gasteiger partial charge in [-0.05, 0) is 87.4 Å². The Labute approximate surface area is 174 Å². The van der Waals surface area contributed by atoms with Crippen molar-refractivity contribution in [3.8, 4) is 0 Å². The summed E-state index contributed by atoms with van der Waals surface area (Å²) in [5.74, 6) is 3.50. The summed E-state index contributed by atoms with van der Waals surface area (Å²) in [6.45, 7) is 5.07. The second-order valence-corrected chi connectivity index (χ2v) is 10.4. The van der Waals surface area contributed by atoms with E-state index in [1.165, 1.54) is 12.8 Å². The van der Waals surface area contributed by atoms with E-state index in [0.29, 0.717) is 17.8 Å². The smallest absolute Gasteiger partial charge is 0.0824 e. The van der Waals surface area contributed by atoms with E-state index in [-0.39, 0.29) is 12.0 Å². The second kappa shape index (κ2) is 7.49. The Bertz CT molecular complexity index is 774. The maximum absolute atomic E-state index is 11.8.